The molecule has 1 aliphatic rings. The van der Waals surface area contributed by atoms with Crippen molar-refractivity contribution >= 4 is 11.9 Å². The van der Waals surface area contributed by atoms with Crippen LogP contribution in [0.2, 0.25) is 0 Å². The number of benzene rings is 2. The van der Waals surface area contributed by atoms with Gasteiger partial charge in [-0.2, -0.15) is 0 Å². The highest BCUT2D eigenvalue weighted by Gasteiger charge is 2.22. The third-order valence-corrected chi connectivity index (χ3v) is 4.34. The maximum atomic E-state index is 13.3. The average molecular weight is 342 g/mol. The minimum atomic E-state index is -0.934. The third-order valence-electron chi connectivity index (χ3n) is 4.34. The van der Waals surface area contributed by atoms with Gasteiger partial charge < -0.3 is 10.0 Å². The van der Waals surface area contributed by atoms with Gasteiger partial charge in [0.05, 0.1) is 5.56 Å². The van der Waals surface area contributed by atoms with E-state index in [1.54, 1.807) is 29.2 Å². The number of carboxylic acids is 1. The Morgan fingerprint density at radius 3 is 2.24 bits per heavy atom. The standard InChI is InChI=1S/C19H19FN2O3/c20-17-3-1-2-16(12-17)18(23)22-10-8-21(9-11-22)13-14-4-6-15(7-5-14)19(24)25/h1-7,12H,8-11,13H2,(H,24,25). The molecule has 1 fully saturated rings. The van der Waals surface area contributed by atoms with Crippen molar-refractivity contribution in [2.24, 2.45) is 0 Å². The first kappa shape index (κ1) is 17.1. The summed E-state index contributed by atoms with van der Waals surface area (Å²) >= 11 is 0. The molecule has 130 valence electrons. The predicted octanol–water partition coefficient (Wildman–Crippen LogP) is 2.48. The van der Waals surface area contributed by atoms with E-state index in [2.05, 4.69) is 4.90 Å². The van der Waals surface area contributed by atoms with Gasteiger partial charge in [0.2, 0.25) is 0 Å². The molecule has 1 saturated heterocycles. The summed E-state index contributed by atoms with van der Waals surface area (Å²) in [7, 11) is 0. The van der Waals surface area contributed by atoms with Gasteiger partial charge >= 0.3 is 5.97 Å². The summed E-state index contributed by atoms with van der Waals surface area (Å²) in [6.07, 6.45) is 0. The smallest absolute Gasteiger partial charge is 0.335 e. The van der Waals surface area contributed by atoms with Gasteiger partial charge in [-0.05, 0) is 35.9 Å². The molecule has 5 nitrogen and oxygen atoms in total. The molecule has 6 heteroatoms. The second kappa shape index (κ2) is 7.44. The first-order valence-corrected chi connectivity index (χ1v) is 8.12. The van der Waals surface area contributed by atoms with Crippen LogP contribution >= 0.6 is 0 Å². The van der Waals surface area contributed by atoms with Crippen molar-refractivity contribution in [3.8, 4) is 0 Å². The maximum Gasteiger partial charge on any atom is 0.335 e. The molecule has 0 spiro atoms. The molecular weight excluding hydrogens is 323 g/mol. The zero-order valence-corrected chi connectivity index (χ0v) is 13.7. The molecular formula is C19H19FN2O3. The first-order chi connectivity index (χ1) is 12.0. The zero-order valence-electron chi connectivity index (χ0n) is 13.7. The van der Waals surface area contributed by atoms with E-state index in [0.717, 1.165) is 18.7 Å². The topological polar surface area (TPSA) is 60.9 Å². The highest BCUT2D eigenvalue weighted by atomic mass is 19.1. The lowest BCUT2D eigenvalue weighted by Crippen LogP contribution is -2.48. The van der Waals surface area contributed by atoms with E-state index in [4.69, 9.17) is 5.11 Å². The summed E-state index contributed by atoms with van der Waals surface area (Å²) in [6, 6.07) is 12.6. The molecule has 0 unspecified atom stereocenters. The van der Waals surface area contributed by atoms with Crippen LogP contribution in [0.1, 0.15) is 26.3 Å². The van der Waals surface area contributed by atoms with Crippen molar-refractivity contribution in [1.29, 1.82) is 0 Å². The third kappa shape index (κ3) is 4.22. The van der Waals surface area contributed by atoms with Crippen molar-refractivity contribution in [1.82, 2.24) is 9.80 Å². The minimum Gasteiger partial charge on any atom is -0.478 e. The number of hydrogen-bond donors (Lipinski definition) is 1. The second-order valence-electron chi connectivity index (χ2n) is 6.08. The molecule has 0 aliphatic carbocycles. The molecule has 0 aromatic heterocycles. The van der Waals surface area contributed by atoms with Crippen molar-refractivity contribution in [3.05, 3.63) is 71.0 Å². The molecule has 2 aromatic carbocycles. The van der Waals surface area contributed by atoms with E-state index in [1.807, 2.05) is 12.1 Å². The molecule has 1 N–H and O–H groups in total. The average Bonchev–Trinajstić information content (AvgIpc) is 2.62. The van der Waals surface area contributed by atoms with Gasteiger partial charge in [-0.3, -0.25) is 9.69 Å². The number of carbonyl (C=O) groups excluding carboxylic acids is 1. The van der Waals surface area contributed by atoms with Gasteiger partial charge in [-0.15, -0.1) is 0 Å². The molecule has 0 atom stereocenters. The van der Waals surface area contributed by atoms with Crippen LogP contribution in [0.3, 0.4) is 0 Å². The van der Waals surface area contributed by atoms with Crippen molar-refractivity contribution in [2.75, 3.05) is 26.2 Å². The van der Waals surface area contributed by atoms with Crippen molar-refractivity contribution < 1.29 is 19.1 Å². The van der Waals surface area contributed by atoms with Crippen molar-refractivity contribution in [2.45, 2.75) is 6.54 Å². The number of rotatable bonds is 4. The lowest BCUT2D eigenvalue weighted by Gasteiger charge is -2.34. The Bertz CT molecular complexity index is 768. The van der Waals surface area contributed by atoms with E-state index < -0.39 is 11.8 Å². The van der Waals surface area contributed by atoms with Gasteiger partial charge in [0.25, 0.3) is 5.91 Å². The Balaban J connectivity index is 1.55. The molecule has 1 aliphatic heterocycles. The number of aromatic carboxylic acids is 1. The van der Waals surface area contributed by atoms with Crippen LogP contribution in [0.15, 0.2) is 48.5 Å². The quantitative estimate of drug-likeness (QED) is 0.927. The second-order valence-corrected chi connectivity index (χ2v) is 6.08. The summed E-state index contributed by atoms with van der Waals surface area (Å²) in [5, 5.41) is 8.92. The normalized spacial score (nSPS) is 15.2. The Labute approximate surface area is 145 Å². The van der Waals surface area contributed by atoms with E-state index in [1.165, 1.54) is 12.1 Å². The van der Waals surface area contributed by atoms with Gasteiger partial charge in [0, 0.05) is 38.3 Å². The van der Waals surface area contributed by atoms with Crippen LogP contribution in [-0.4, -0.2) is 53.0 Å². The molecule has 1 heterocycles. The summed E-state index contributed by atoms with van der Waals surface area (Å²) in [6.45, 7) is 3.33. The van der Waals surface area contributed by atoms with E-state index >= 15 is 0 Å². The van der Waals surface area contributed by atoms with Crippen LogP contribution in [0.25, 0.3) is 0 Å². The van der Waals surface area contributed by atoms with Crippen LogP contribution in [-0.2, 0) is 6.54 Å². The van der Waals surface area contributed by atoms with Gasteiger partial charge in [-0.1, -0.05) is 18.2 Å². The first-order valence-electron chi connectivity index (χ1n) is 8.12. The van der Waals surface area contributed by atoms with E-state index in [-0.39, 0.29) is 11.5 Å². The minimum absolute atomic E-state index is 0.148. The Morgan fingerprint density at radius 2 is 1.64 bits per heavy atom. The Morgan fingerprint density at radius 1 is 0.960 bits per heavy atom. The molecule has 25 heavy (non-hydrogen) atoms. The fourth-order valence-corrected chi connectivity index (χ4v) is 2.92. The summed E-state index contributed by atoms with van der Waals surface area (Å²) in [5.74, 6) is -1.49. The highest BCUT2D eigenvalue weighted by molar-refractivity contribution is 5.94. The number of carbonyl (C=O) groups is 2. The van der Waals surface area contributed by atoms with Crippen molar-refractivity contribution in [3.63, 3.8) is 0 Å². The molecule has 0 radical (unpaired) electrons. The van der Waals surface area contributed by atoms with E-state index in [9.17, 15) is 14.0 Å². The molecule has 3 rings (SSSR count). The molecule has 1 amide bonds. The monoisotopic (exact) mass is 342 g/mol. The lowest BCUT2D eigenvalue weighted by molar-refractivity contribution is 0.0627. The number of amides is 1. The predicted molar refractivity (Wildman–Crippen MR) is 91.0 cm³/mol. The lowest BCUT2D eigenvalue weighted by atomic mass is 10.1. The molecule has 2 aromatic rings. The molecule has 0 bridgehead atoms. The fourth-order valence-electron chi connectivity index (χ4n) is 2.92. The largest absolute Gasteiger partial charge is 0.478 e. The van der Waals surface area contributed by atoms with Gasteiger partial charge in [0.1, 0.15) is 5.82 Å². The SMILES string of the molecule is O=C(O)c1ccc(CN2CCN(C(=O)c3cccc(F)c3)CC2)cc1. The molecule has 0 saturated carbocycles. The van der Waals surface area contributed by atoms with Crippen LogP contribution in [0, 0.1) is 5.82 Å². The Kier molecular flexibility index (Phi) is 5.09. The summed E-state index contributed by atoms with van der Waals surface area (Å²) in [4.78, 5) is 27.2. The number of nitrogens with zero attached hydrogens (tertiary/aromatic N) is 2. The number of carboxylic acid groups (broad SMARTS) is 1. The van der Waals surface area contributed by atoms with Gasteiger partial charge in [0.15, 0.2) is 0 Å². The van der Waals surface area contributed by atoms with E-state index in [0.29, 0.717) is 25.2 Å². The zero-order chi connectivity index (χ0) is 17.8. The summed E-state index contributed by atoms with van der Waals surface area (Å²) < 4.78 is 13.3. The fraction of sp³-hybridized carbons (Fsp3) is 0.263. The number of piperazine rings is 1. The Hall–Kier alpha value is -2.73. The highest BCUT2D eigenvalue weighted by Crippen LogP contribution is 2.13. The van der Waals surface area contributed by atoms with Gasteiger partial charge in [-0.25, -0.2) is 9.18 Å². The van der Waals surface area contributed by atoms with Crippen LogP contribution in [0.5, 0.6) is 0 Å². The van der Waals surface area contributed by atoms with Crippen LogP contribution < -0.4 is 0 Å². The maximum absolute atomic E-state index is 13.3. The number of halogens is 1. The number of hydrogen-bond acceptors (Lipinski definition) is 3. The van der Waals surface area contributed by atoms with Crippen LogP contribution in [0.4, 0.5) is 4.39 Å². The summed E-state index contributed by atoms with van der Waals surface area (Å²) in [5.41, 5.74) is 1.68.